The van der Waals surface area contributed by atoms with Crippen LogP contribution in [0.25, 0.3) is 0 Å². The van der Waals surface area contributed by atoms with Crippen LogP contribution in [-0.2, 0) is 0 Å². The first kappa shape index (κ1) is 9.44. The van der Waals surface area contributed by atoms with Crippen molar-refractivity contribution in [2.75, 3.05) is 26.7 Å². The second kappa shape index (κ2) is 3.56. The van der Waals surface area contributed by atoms with Gasteiger partial charge in [0, 0.05) is 12.6 Å². The molecule has 2 atom stereocenters. The zero-order chi connectivity index (χ0) is 9.31. The Morgan fingerprint density at radius 3 is 3.00 bits per heavy atom. The maximum Gasteiger partial charge on any atom is 0.0629 e. The Kier molecular flexibility index (Phi) is 2.58. The van der Waals surface area contributed by atoms with Crippen LogP contribution >= 0.6 is 0 Å². The first-order valence-corrected chi connectivity index (χ1v) is 5.36. The molecule has 3 heteroatoms. The molecule has 0 bridgehead atoms. The molecule has 76 valence electrons. The van der Waals surface area contributed by atoms with E-state index in [1.807, 2.05) is 7.05 Å². The fraction of sp³-hybridized carbons (Fsp3) is 1.00. The van der Waals surface area contributed by atoms with Crippen LogP contribution in [0.1, 0.15) is 25.7 Å². The minimum atomic E-state index is 0.000417. The molecule has 2 N–H and O–H groups in total. The van der Waals surface area contributed by atoms with Gasteiger partial charge in [-0.1, -0.05) is 6.42 Å². The Morgan fingerprint density at radius 1 is 1.46 bits per heavy atom. The summed E-state index contributed by atoms with van der Waals surface area (Å²) in [5.41, 5.74) is 0.000417. The maximum atomic E-state index is 9.47. The molecule has 0 spiro atoms. The smallest absolute Gasteiger partial charge is 0.0629 e. The Balaban J connectivity index is 2.13. The van der Waals surface area contributed by atoms with Gasteiger partial charge in [-0.05, 0) is 32.9 Å². The molecule has 2 aliphatic rings. The molecular formula is C10H20N2O. The van der Waals surface area contributed by atoms with Crippen LogP contribution in [0.15, 0.2) is 0 Å². The van der Waals surface area contributed by atoms with E-state index in [2.05, 4.69) is 10.2 Å². The SMILES string of the molecule is CNC1(CO)CCN2CCCCC21. The summed E-state index contributed by atoms with van der Waals surface area (Å²) < 4.78 is 0. The third-order valence-corrected chi connectivity index (χ3v) is 3.88. The van der Waals surface area contributed by atoms with Gasteiger partial charge in [0.25, 0.3) is 0 Å². The Hall–Kier alpha value is -0.120. The van der Waals surface area contributed by atoms with E-state index in [1.54, 1.807) is 0 Å². The van der Waals surface area contributed by atoms with Gasteiger partial charge in [-0.3, -0.25) is 4.90 Å². The van der Waals surface area contributed by atoms with Crippen LogP contribution in [0.4, 0.5) is 0 Å². The summed E-state index contributed by atoms with van der Waals surface area (Å²) in [6.07, 6.45) is 5.01. The minimum Gasteiger partial charge on any atom is -0.394 e. The van der Waals surface area contributed by atoms with Crippen LogP contribution in [-0.4, -0.2) is 48.3 Å². The van der Waals surface area contributed by atoms with Crippen molar-refractivity contribution in [2.45, 2.75) is 37.3 Å². The fourth-order valence-corrected chi connectivity index (χ4v) is 2.95. The van der Waals surface area contributed by atoms with Crippen molar-refractivity contribution in [2.24, 2.45) is 0 Å². The molecule has 0 aromatic heterocycles. The van der Waals surface area contributed by atoms with Crippen LogP contribution in [0, 0.1) is 0 Å². The standard InChI is InChI=1S/C10H20N2O/c1-11-10(8-13)5-7-12-6-3-2-4-9(10)12/h9,11,13H,2-8H2,1H3. The van der Waals surface area contributed by atoms with Gasteiger partial charge in [0.1, 0.15) is 0 Å². The molecule has 2 aliphatic heterocycles. The highest BCUT2D eigenvalue weighted by molar-refractivity contribution is 5.05. The lowest BCUT2D eigenvalue weighted by Gasteiger charge is -2.39. The molecule has 0 amide bonds. The largest absolute Gasteiger partial charge is 0.394 e. The van der Waals surface area contributed by atoms with E-state index in [1.165, 1.54) is 25.8 Å². The van der Waals surface area contributed by atoms with Gasteiger partial charge in [0.05, 0.1) is 12.1 Å². The number of rotatable bonds is 2. The predicted octanol–water partition coefficient (Wildman–Crippen LogP) is 0.195. The molecule has 2 saturated heterocycles. The zero-order valence-corrected chi connectivity index (χ0v) is 8.42. The average molecular weight is 184 g/mol. The van der Waals surface area contributed by atoms with E-state index >= 15 is 0 Å². The van der Waals surface area contributed by atoms with Gasteiger partial charge in [0.2, 0.25) is 0 Å². The highest BCUT2D eigenvalue weighted by atomic mass is 16.3. The summed E-state index contributed by atoms with van der Waals surface area (Å²) >= 11 is 0. The summed E-state index contributed by atoms with van der Waals surface area (Å²) in [5.74, 6) is 0. The number of aliphatic hydroxyl groups is 1. The van der Waals surface area contributed by atoms with Crippen molar-refractivity contribution < 1.29 is 5.11 Å². The van der Waals surface area contributed by atoms with Gasteiger partial charge in [0.15, 0.2) is 0 Å². The second-order valence-corrected chi connectivity index (χ2v) is 4.36. The number of hydrogen-bond donors (Lipinski definition) is 2. The van der Waals surface area contributed by atoms with Crippen molar-refractivity contribution in [1.82, 2.24) is 10.2 Å². The molecule has 0 aliphatic carbocycles. The molecule has 0 aromatic rings. The van der Waals surface area contributed by atoms with E-state index in [-0.39, 0.29) is 12.1 Å². The summed E-state index contributed by atoms with van der Waals surface area (Å²) in [6.45, 7) is 2.67. The van der Waals surface area contributed by atoms with E-state index in [0.717, 1.165) is 13.0 Å². The first-order valence-electron chi connectivity index (χ1n) is 5.36. The molecule has 2 heterocycles. The van der Waals surface area contributed by atoms with Crippen LogP contribution in [0.2, 0.25) is 0 Å². The topological polar surface area (TPSA) is 35.5 Å². The maximum absolute atomic E-state index is 9.47. The van der Waals surface area contributed by atoms with Crippen LogP contribution in [0.3, 0.4) is 0 Å². The van der Waals surface area contributed by atoms with Crippen LogP contribution < -0.4 is 5.32 Å². The molecule has 3 nitrogen and oxygen atoms in total. The van der Waals surface area contributed by atoms with Gasteiger partial charge in [-0.15, -0.1) is 0 Å². The molecule has 2 fully saturated rings. The number of fused-ring (bicyclic) bond motifs is 1. The Bertz CT molecular complexity index is 180. The van der Waals surface area contributed by atoms with E-state index in [4.69, 9.17) is 0 Å². The zero-order valence-electron chi connectivity index (χ0n) is 8.42. The quantitative estimate of drug-likeness (QED) is 0.643. The molecule has 13 heavy (non-hydrogen) atoms. The third kappa shape index (κ3) is 1.39. The number of likely N-dealkylation sites (N-methyl/N-ethyl adjacent to an activating group) is 1. The van der Waals surface area contributed by atoms with Crippen molar-refractivity contribution >= 4 is 0 Å². The van der Waals surface area contributed by atoms with Crippen LogP contribution in [0.5, 0.6) is 0 Å². The van der Waals surface area contributed by atoms with Crippen molar-refractivity contribution in [3.05, 3.63) is 0 Å². The third-order valence-electron chi connectivity index (χ3n) is 3.88. The number of nitrogens with zero attached hydrogens (tertiary/aromatic N) is 1. The van der Waals surface area contributed by atoms with E-state index < -0.39 is 0 Å². The Morgan fingerprint density at radius 2 is 2.31 bits per heavy atom. The highest BCUT2D eigenvalue weighted by Crippen LogP contribution is 2.34. The molecule has 0 radical (unpaired) electrons. The van der Waals surface area contributed by atoms with Gasteiger partial charge < -0.3 is 10.4 Å². The number of piperidine rings is 1. The molecular weight excluding hydrogens is 164 g/mol. The molecule has 2 rings (SSSR count). The number of hydrogen-bond acceptors (Lipinski definition) is 3. The van der Waals surface area contributed by atoms with Crippen molar-refractivity contribution in [1.29, 1.82) is 0 Å². The highest BCUT2D eigenvalue weighted by Gasteiger charge is 2.46. The summed E-state index contributed by atoms with van der Waals surface area (Å²) in [7, 11) is 1.98. The first-order chi connectivity index (χ1) is 6.32. The lowest BCUT2D eigenvalue weighted by Crippen LogP contribution is -2.57. The molecule has 2 unspecified atom stereocenters. The van der Waals surface area contributed by atoms with Gasteiger partial charge in [-0.2, -0.15) is 0 Å². The second-order valence-electron chi connectivity index (χ2n) is 4.36. The molecule has 0 saturated carbocycles. The summed E-state index contributed by atoms with van der Waals surface area (Å²) in [4.78, 5) is 2.54. The lowest BCUT2D eigenvalue weighted by atomic mass is 9.86. The Labute approximate surface area is 80.1 Å². The lowest BCUT2D eigenvalue weighted by molar-refractivity contribution is 0.0929. The minimum absolute atomic E-state index is 0.000417. The van der Waals surface area contributed by atoms with Gasteiger partial charge in [-0.25, -0.2) is 0 Å². The fourth-order valence-electron chi connectivity index (χ4n) is 2.95. The van der Waals surface area contributed by atoms with E-state index in [9.17, 15) is 5.11 Å². The summed E-state index contributed by atoms with van der Waals surface area (Å²) in [5, 5.41) is 12.8. The van der Waals surface area contributed by atoms with Gasteiger partial charge >= 0.3 is 0 Å². The average Bonchev–Trinajstić information content (AvgIpc) is 2.58. The van der Waals surface area contributed by atoms with E-state index in [0.29, 0.717) is 6.04 Å². The predicted molar refractivity (Wildman–Crippen MR) is 52.7 cm³/mol. The number of nitrogens with one attached hydrogen (secondary N) is 1. The molecule has 0 aromatic carbocycles. The number of aliphatic hydroxyl groups excluding tert-OH is 1. The normalized spacial score (nSPS) is 40.6. The van der Waals surface area contributed by atoms with Crippen molar-refractivity contribution in [3.63, 3.8) is 0 Å². The van der Waals surface area contributed by atoms with Crippen molar-refractivity contribution in [3.8, 4) is 0 Å². The monoisotopic (exact) mass is 184 g/mol. The summed E-state index contributed by atoms with van der Waals surface area (Å²) in [6, 6.07) is 0.580.